The number of hydrogen-bond donors (Lipinski definition) is 1. The molecular weight excluding hydrogens is 296 g/mol. The molecule has 0 bridgehead atoms. The molecule has 3 rings (SSSR count). The fourth-order valence-electron chi connectivity index (χ4n) is 3.48. The van der Waals surface area contributed by atoms with Gasteiger partial charge in [0.1, 0.15) is 0 Å². The summed E-state index contributed by atoms with van der Waals surface area (Å²) in [6.07, 6.45) is 2.63. The quantitative estimate of drug-likeness (QED) is 0.887. The van der Waals surface area contributed by atoms with Crippen molar-refractivity contribution < 1.29 is 4.79 Å². The number of carbonyl (C=O) groups is 1. The van der Waals surface area contributed by atoms with Gasteiger partial charge < -0.3 is 10.2 Å². The van der Waals surface area contributed by atoms with E-state index in [0.717, 1.165) is 32.4 Å². The van der Waals surface area contributed by atoms with Crippen LogP contribution in [-0.4, -0.2) is 37.0 Å². The van der Waals surface area contributed by atoms with Gasteiger partial charge >= 0.3 is 0 Å². The molecule has 3 heteroatoms. The third-order valence-corrected chi connectivity index (χ3v) is 4.93. The van der Waals surface area contributed by atoms with Crippen molar-refractivity contribution in [1.29, 1.82) is 0 Å². The summed E-state index contributed by atoms with van der Waals surface area (Å²) in [6, 6.07) is 21.0. The Balaban J connectivity index is 1.76. The number of carbonyl (C=O) groups excluding carboxylic acids is 1. The van der Waals surface area contributed by atoms with Crippen molar-refractivity contribution in [2.45, 2.75) is 25.3 Å². The van der Waals surface area contributed by atoms with Gasteiger partial charge in [-0.3, -0.25) is 4.79 Å². The highest BCUT2D eigenvalue weighted by atomic mass is 16.2. The van der Waals surface area contributed by atoms with Crippen LogP contribution in [0.3, 0.4) is 0 Å². The molecule has 126 valence electrons. The first-order valence-electron chi connectivity index (χ1n) is 8.79. The summed E-state index contributed by atoms with van der Waals surface area (Å²) in [5, 5.41) is 3.35. The molecule has 1 atom stereocenters. The highest BCUT2D eigenvalue weighted by Gasteiger charge is 2.28. The van der Waals surface area contributed by atoms with Gasteiger partial charge in [-0.15, -0.1) is 0 Å². The van der Waals surface area contributed by atoms with Gasteiger partial charge in [0, 0.05) is 25.6 Å². The van der Waals surface area contributed by atoms with E-state index in [-0.39, 0.29) is 11.8 Å². The van der Waals surface area contributed by atoms with E-state index in [1.165, 1.54) is 11.1 Å². The van der Waals surface area contributed by atoms with Crippen molar-refractivity contribution in [3.05, 3.63) is 71.8 Å². The Labute approximate surface area is 144 Å². The van der Waals surface area contributed by atoms with Crippen molar-refractivity contribution in [2.24, 2.45) is 5.92 Å². The molecule has 1 aliphatic rings. The summed E-state index contributed by atoms with van der Waals surface area (Å²) >= 11 is 0. The minimum atomic E-state index is -0.0135. The minimum absolute atomic E-state index is 0.0135. The molecule has 24 heavy (non-hydrogen) atoms. The molecular formula is C21H26N2O. The number of hydrogen-bond acceptors (Lipinski definition) is 2. The summed E-state index contributed by atoms with van der Waals surface area (Å²) in [4.78, 5) is 15.1. The highest BCUT2D eigenvalue weighted by Crippen LogP contribution is 2.19. The van der Waals surface area contributed by atoms with E-state index < -0.39 is 0 Å². The number of nitrogens with one attached hydrogen (secondary N) is 1. The first-order chi connectivity index (χ1) is 11.7. The fourth-order valence-corrected chi connectivity index (χ4v) is 3.48. The predicted octanol–water partition coefficient (Wildman–Crippen LogP) is 2.91. The average molecular weight is 322 g/mol. The Morgan fingerprint density at radius 2 is 1.58 bits per heavy atom. The summed E-state index contributed by atoms with van der Waals surface area (Å²) < 4.78 is 0. The van der Waals surface area contributed by atoms with Gasteiger partial charge in [-0.25, -0.2) is 0 Å². The molecule has 0 aromatic heterocycles. The number of nitrogens with zero attached hydrogens (tertiary/aromatic N) is 1. The van der Waals surface area contributed by atoms with Gasteiger partial charge in [-0.2, -0.15) is 0 Å². The summed E-state index contributed by atoms with van der Waals surface area (Å²) in [6.45, 7) is 1.91. The second kappa shape index (κ2) is 8.11. The summed E-state index contributed by atoms with van der Waals surface area (Å²) in [5.74, 6) is 0.247. The Morgan fingerprint density at radius 3 is 2.04 bits per heavy atom. The second-order valence-corrected chi connectivity index (χ2v) is 6.67. The number of likely N-dealkylation sites (N-methyl/N-ethyl adjacent to an activating group) is 1. The van der Waals surface area contributed by atoms with Crippen LogP contribution in [0.1, 0.15) is 17.5 Å². The van der Waals surface area contributed by atoms with Crippen LogP contribution >= 0.6 is 0 Å². The van der Waals surface area contributed by atoms with Gasteiger partial charge in [0.25, 0.3) is 0 Å². The molecule has 1 N–H and O–H groups in total. The number of rotatable bonds is 6. The van der Waals surface area contributed by atoms with Crippen LogP contribution in [-0.2, 0) is 17.6 Å². The Hall–Kier alpha value is -2.13. The largest absolute Gasteiger partial charge is 0.341 e. The lowest BCUT2D eigenvalue weighted by molar-refractivity contribution is -0.136. The van der Waals surface area contributed by atoms with Gasteiger partial charge in [0.15, 0.2) is 0 Å². The zero-order chi connectivity index (χ0) is 16.8. The van der Waals surface area contributed by atoms with Gasteiger partial charge in [-0.05, 0) is 36.9 Å². The molecule has 0 radical (unpaired) electrons. The van der Waals surface area contributed by atoms with Crippen LogP contribution in [0.5, 0.6) is 0 Å². The van der Waals surface area contributed by atoms with Gasteiger partial charge in [0.05, 0.1) is 0 Å². The Bertz CT molecular complexity index is 594. The molecule has 2 aromatic rings. The smallest absolute Gasteiger partial charge is 0.226 e. The lowest BCUT2D eigenvalue weighted by Crippen LogP contribution is -2.43. The third-order valence-electron chi connectivity index (χ3n) is 4.93. The molecule has 3 nitrogen and oxygen atoms in total. The molecule has 0 aliphatic carbocycles. The second-order valence-electron chi connectivity index (χ2n) is 6.67. The number of benzene rings is 2. The Kier molecular flexibility index (Phi) is 5.65. The standard InChI is InChI=1S/C21H26N2O/c1-23(20-12-13-22-16-20)21(24)19(14-17-8-4-2-5-9-17)15-18-10-6-3-7-11-18/h2-11,19-20,22H,12-16H2,1H3. The maximum atomic E-state index is 13.1. The SMILES string of the molecule is CN(C(=O)C(Cc1ccccc1)Cc1ccccc1)C1CCNC1. The normalized spacial score (nSPS) is 17.2. The van der Waals surface area contributed by atoms with Crippen LogP contribution < -0.4 is 5.32 Å². The molecule has 1 amide bonds. The van der Waals surface area contributed by atoms with E-state index in [0.29, 0.717) is 6.04 Å². The van der Waals surface area contributed by atoms with Crippen LogP contribution in [0.15, 0.2) is 60.7 Å². The molecule has 1 unspecified atom stereocenters. The van der Waals surface area contributed by atoms with E-state index in [1.54, 1.807) is 0 Å². The fraction of sp³-hybridized carbons (Fsp3) is 0.381. The van der Waals surface area contributed by atoms with Gasteiger partial charge in [-0.1, -0.05) is 60.7 Å². The van der Waals surface area contributed by atoms with E-state index in [1.807, 2.05) is 48.3 Å². The van der Waals surface area contributed by atoms with Gasteiger partial charge in [0.2, 0.25) is 5.91 Å². The maximum absolute atomic E-state index is 13.1. The zero-order valence-corrected chi connectivity index (χ0v) is 14.3. The average Bonchev–Trinajstić information content (AvgIpc) is 3.16. The summed E-state index contributed by atoms with van der Waals surface area (Å²) in [7, 11) is 1.96. The molecule has 0 saturated carbocycles. The van der Waals surface area contributed by atoms with E-state index in [9.17, 15) is 4.79 Å². The van der Waals surface area contributed by atoms with E-state index >= 15 is 0 Å². The molecule has 1 fully saturated rings. The van der Waals surface area contributed by atoms with Crippen LogP contribution in [0, 0.1) is 5.92 Å². The first kappa shape index (κ1) is 16.7. The molecule has 1 aliphatic heterocycles. The van der Waals surface area contributed by atoms with Crippen molar-refractivity contribution in [2.75, 3.05) is 20.1 Å². The van der Waals surface area contributed by atoms with Crippen molar-refractivity contribution in [1.82, 2.24) is 10.2 Å². The lowest BCUT2D eigenvalue weighted by atomic mass is 9.91. The lowest BCUT2D eigenvalue weighted by Gasteiger charge is -2.28. The van der Waals surface area contributed by atoms with Crippen molar-refractivity contribution in [3.8, 4) is 0 Å². The maximum Gasteiger partial charge on any atom is 0.226 e. The predicted molar refractivity (Wildman–Crippen MR) is 97.8 cm³/mol. The zero-order valence-electron chi connectivity index (χ0n) is 14.3. The first-order valence-corrected chi connectivity index (χ1v) is 8.79. The van der Waals surface area contributed by atoms with Crippen LogP contribution in [0.25, 0.3) is 0 Å². The highest BCUT2D eigenvalue weighted by molar-refractivity contribution is 5.79. The van der Waals surface area contributed by atoms with Crippen molar-refractivity contribution >= 4 is 5.91 Å². The monoisotopic (exact) mass is 322 g/mol. The molecule has 0 spiro atoms. The van der Waals surface area contributed by atoms with Crippen LogP contribution in [0.4, 0.5) is 0 Å². The Morgan fingerprint density at radius 1 is 1.04 bits per heavy atom. The molecule has 2 aromatic carbocycles. The molecule has 1 heterocycles. The molecule has 1 saturated heterocycles. The van der Waals surface area contributed by atoms with E-state index in [2.05, 4.69) is 29.6 Å². The topological polar surface area (TPSA) is 32.3 Å². The minimum Gasteiger partial charge on any atom is -0.341 e. The van der Waals surface area contributed by atoms with Crippen LogP contribution in [0.2, 0.25) is 0 Å². The van der Waals surface area contributed by atoms with E-state index in [4.69, 9.17) is 0 Å². The third kappa shape index (κ3) is 4.24. The number of amides is 1. The van der Waals surface area contributed by atoms with Crippen molar-refractivity contribution in [3.63, 3.8) is 0 Å². The summed E-state index contributed by atoms with van der Waals surface area (Å²) in [5.41, 5.74) is 2.45.